The lowest BCUT2D eigenvalue weighted by Gasteiger charge is -2.32. The van der Waals surface area contributed by atoms with Gasteiger partial charge in [-0.3, -0.25) is 9.78 Å². The van der Waals surface area contributed by atoms with Gasteiger partial charge in [0.25, 0.3) is 0 Å². The lowest BCUT2D eigenvalue weighted by Crippen LogP contribution is -2.36. The van der Waals surface area contributed by atoms with Crippen molar-refractivity contribution in [2.45, 2.75) is 19.8 Å². The Balaban J connectivity index is 1.77. The number of ketones is 1. The van der Waals surface area contributed by atoms with Crippen LogP contribution in [-0.2, 0) is 4.79 Å². The fourth-order valence-electron chi connectivity index (χ4n) is 3.53. The van der Waals surface area contributed by atoms with E-state index in [-0.39, 0.29) is 11.7 Å². The number of pyridine rings is 3. The van der Waals surface area contributed by atoms with Crippen LogP contribution in [0.15, 0.2) is 42.9 Å². The van der Waals surface area contributed by atoms with Gasteiger partial charge in [0.2, 0.25) is 0 Å². The van der Waals surface area contributed by atoms with Crippen LogP contribution < -0.4 is 4.90 Å². The predicted octanol–water partition coefficient (Wildman–Crippen LogP) is 4.15. The summed E-state index contributed by atoms with van der Waals surface area (Å²) in [6.07, 6.45) is 7.07. The molecule has 4 heterocycles. The van der Waals surface area contributed by atoms with Crippen molar-refractivity contribution in [2.24, 2.45) is 5.92 Å². The van der Waals surface area contributed by atoms with Crippen molar-refractivity contribution in [2.75, 3.05) is 18.0 Å². The summed E-state index contributed by atoms with van der Waals surface area (Å²) in [5.41, 5.74) is 1.77. The highest BCUT2D eigenvalue weighted by molar-refractivity contribution is 6.29. The molecule has 4 rings (SSSR count). The number of carbonyl (C=O) groups is 1. The molecule has 1 saturated heterocycles. The zero-order chi connectivity index (χ0) is 18.1. The number of nitrogens with zero attached hydrogens (tertiary/aromatic N) is 4. The van der Waals surface area contributed by atoms with E-state index in [4.69, 9.17) is 16.6 Å². The summed E-state index contributed by atoms with van der Waals surface area (Å²) in [6, 6.07) is 7.75. The van der Waals surface area contributed by atoms with Gasteiger partial charge >= 0.3 is 0 Å². The number of aromatic nitrogens is 3. The Morgan fingerprint density at radius 3 is 2.73 bits per heavy atom. The van der Waals surface area contributed by atoms with Crippen LogP contribution in [0.5, 0.6) is 0 Å². The number of halogens is 1. The molecule has 1 aliphatic rings. The molecule has 0 unspecified atom stereocenters. The summed E-state index contributed by atoms with van der Waals surface area (Å²) in [4.78, 5) is 27.2. The molecule has 0 bridgehead atoms. The molecule has 1 aliphatic heterocycles. The van der Waals surface area contributed by atoms with Gasteiger partial charge < -0.3 is 4.90 Å². The summed E-state index contributed by atoms with van der Waals surface area (Å²) in [5, 5.41) is 2.55. The Morgan fingerprint density at radius 2 is 2.00 bits per heavy atom. The number of hydrogen-bond donors (Lipinski definition) is 0. The third-order valence-corrected chi connectivity index (χ3v) is 5.21. The van der Waals surface area contributed by atoms with Gasteiger partial charge in [-0.05, 0) is 44.0 Å². The molecule has 0 N–H and O–H groups in total. The number of Topliss-reactive ketones (excluding diaryl/α,β-unsaturated/α-hetero) is 1. The number of piperidine rings is 1. The summed E-state index contributed by atoms with van der Waals surface area (Å²) < 4.78 is 0. The van der Waals surface area contributed by atoms with Gasteiger partial charge in [0.05, 0.1) is 5.69 Å². The Hall–Kier alpha value is -2.53. The molecule has 6 heteroatoms. The topological polar surface area (TPSA) is 59.0 Å². The first-order valence-corrected chi connectivity index (χ1v) is 9.12. The zero-order valence-electron chi connectivity index (χ0n) is 14.5. The van der Waals surface area contributed by atoms with Gasteiger partial charge in [0.1, 0.15) is 16.8 Å². The van der Waals surface area contributed by atoms with Crippen LogP contribution in [0, 0.1) is 5.92 Å². The van der Waals surface area contributed by atoms with Crippen molar-refractivity contribution >= 4 is 34.0 Å². The summed E-state index contributed by atoms with van der Waals surface area (Å²) in [6.45, 7) is 3.35. The molecule has 0 amide bonds. The smallest absolute Gasteiger partial charge is 0.137 e. The number of hydrogen-bond acceptors (Lipinski definition) is 5. The minimum Gasteiger partial charge on any atom is -0.356 e. The molecule has 1 fully saturated rings. The molecule has 0 saturated carbocycles. The van der Waals surface area contributed by atoms with E-state index in [9.17, 15) is 4.79 Å². The van der Waals surface area contributed by atoms with E-state index in [1.165, 1.54) is 0 Å². The quantitative estimate of drug-likeness (QED) is 0.652. The van der Waals surface area contributed by atoms with Crippen molar-refractivity contribution in [3.63, 3.8) is 0 Å². The number of rotatable bonds is 3. The molecule has 3 aromatic rings. The maximum Gasteiger partial charge on any atom is 0.137 e. The van der Waals surface area contributed by atoms with Gasteiger partial charge in [0, 0.05) is 53.9 Å². The van der Waals surface area contributed by atoms with Gasteiger partial charge in [-0.25, -0.2) is 9.97 Å². The highest BCUT2D eigenvalue weighted by Gasteiger charge is 2.24. The molecule has 0 aromatic carbocycles. The van der Waals surface area contributed by atoms with Crippen LogP contribution in [0.4, 0.5) is 5.82 Å². The minimum atomic E-state index is 0.168. The minimum absolute atomic E-state index is 0.168. The molecule has 3 aromatic heterocycles. The Labute approximate surface area is 157 Å². The second kappa shape index (κ2) is 7.00. The van der Waals surface area contributed by atoms with E-state index in [0.717, 1.165) is 53.8 Å². The van der Waals surface area contributed by atoms with Crippen LogP contribution in [0.1, 0.15) is 19.8 Å². The molecule has 0 spiro atoms. The molecule has 0 atom stereocenters. The van der Waals surface area contributed by atoms with Crippen LogP contribution >= 0.6 is 11.6 Å². The van der Waals surface area contributed by atoms with Crippen molar-refractivity contribution in [1.29, 1.82) is 0 Å². The molecular weight excluding hydrogens is 348 g/mol. The zero-order valence-corrected chi connectivity index (χ0v) is 15.3. The van der Waals surface area contributed by atoms with E-state index < -0.39 is 0 Å². The Bertz CT molecular complexity index is 967. The maximum absolute atomic E-state index is 11.7. The molecule has 0 radical (unpaired) electrons. The average Bonchev–Trinajstić information content (AvgIpc) is 2.67. The molecule has 26 heavy (non-hydrogen) atoms. The predicted molar refractivity (Wildman–Crippen MR) is 103 cm³/mol. The van der Waals surface area contributed by atoms with E-state index in [1.807, 2.05) is 30.5 Å². The summed E-state index contributed by atoms with van der Waals surface area (Å²) in [5.74, 6) is 1.39. The Morgan fingerprint density at radius 1 is 1.19 bits per heavy atom. The SMILES string of the molecule is CC(=O)C1CCN(c2nc(-c3ccnc(Cl)c3)cc3cnccc23)CC1. The normalized spacial score (nSPS) is 15.4. The van der Waals surface area contributed by atoms with Crippen molar-refractivity contribution < 1.29 is 4.79 Å². The molecular formula is C20H19ClN4O. The summed E-state index contributed by atoms with van der Waals surface area (Å²) >= 11 is 6.05. The van der Waals surface area contributed by atoms with Crippen LogP contribution in [0.3, 0.4) is 0 Å². The highest BCUT2D eigenvalue weighted by atomic mass is 35.5. The van der Waals surface area contributed by atoms with Gasteiger partial charge in [0.15, 0.2) is 0 Å². The maximum atomic E-state index is 11.7. The van der Waals surface area contributed by atoms with E-state index in [2.05, 4.69) is 14.9 Å². The fourth-order valence-corrected chi connectivity index (χ4v) is 3.70. The first-order chi connectivity index (χ1) is 12.6. The first kappa shape index (κ1) is 16.9. The first-order valence-electron chi connectivity index (χ1n) is 8.74. The van der Waals surface area contributed by atoms with Crippen molar-refractivity contribution in [3.05, 3.63) is 48.0 Å². The fraction of sp³-hybridized carbons (Fsp3) is 0.300. The van der Waals surface area contributed by atoms with Crippen LogP contribution in [0.2, 0.25) is 5.15 Å². The van der Waals surface area contributed by atoms with Gasteiger partial charge in [-0.1, -0.05) is 11.6 Å². The molecule has 5 nitrogen and oxygen atoms in total. The monoisotopic (exact) mass is 366 g/mol. The van der Waals surface area contributed by atoms with Gasteiger partial charge in [-0.15, -0.1) is 0 Å². The third kappa shape index (κ3) is 3.27. The molecule has 0 aliphatic carbocycles. The second-order valence-electron chi connectivity index (χ2n) is 6.67. The van der Waals surface area contributed by atoms with Crippen LogP contribution in [-0.4, -0.2) is 33.8 Å². The van der Waals surface area contributed by atoms with E-state index in [0.29, 0.717) is 5.15 Å². The third-order valence-electron chi connectivity index (χ3n) is 5.00. The Kier molecular flexibility index (Phi) is 4.55. The lowest BCUT2D eigenvalue weighted by atomic mass is 9.93. The van der Waals surface area contributed by atoms with Crippen molar-refractivity contribution in [3.8, 4) is 11.3 Å². The lowest BCUT2D eigenvalue weighted by molar-refractivity contribution is -0.121. The van der Waals surface area contributed by atoms with Crippen LogP contribution in [0.25, 0.3) is 22.0 Å². The average molecular weight is 367 g/mol. The number of fused-ring (bicyclic) bond motifs is 1. The highest BCUT2D eigenvalue weighted by Crippen LogP contribution is 2.32. The summed E-state index contributed by atoms with van der Waals surface area (Å²) in [7, 11) is 0. The second-order valence-corrected chi connectivity index (χ2v) is 7.05. The van der Waals surface area contributed by atoms with E-state index >= 15 is 0 Å². The molecule has 132 valence electrons. The standard InChI is InChI=1S/C20H19ClN4O/c1-13(26)14-4-8-25(9-5-14)20-17-3-6-22-12-16(17)10-18(24-20)15-2-7-23-19(21)11-15/h2-3,6-7,10-12,14H,4-5,8-9H2,1H3. The largest absolute Gasteiger partial charge is 0.356 e. The van der Waals surface area contributed by atoms with Crippen molar-refractivity contribution in [1.82, 2.24) is 15.0 Å². The van der Waals surface area contributed by atoms with Gasteiger partial charge in [-0.2, -0.15) is 0 Å². The number of anilines is 1. The van der Waals surface area contributed by atoms with E-state index in [1.54, 1.807) is 19.3 Å². The number of carbonyl (C=O) groups excluding carboxylic acids is 1.